The number of aromatic nitrogens is 4. The van der Waals surface area contributed by atoms with E-state index in [1.54, 1.807) is 55.1 Å². The van der Waals surface area contributed by atoms with Gasteiger partial charge in [-0.3, -0.25) is 39.3 Å². The molecule has 1 spiro atoms. The second kappa shape index (κ2) is 26.8. The van der Waals surface area contributed by atoms with E-state index in [2.05, 4.69) is 108 Å². The molecule has 18 heteroatoms. The van der Waals surface area contributed by atoms with E-state index in [9.17, 15) is 14.4 Å². The second-order valence-electron chi connectivity index (χ2n) is 21.4. The van der Waals surface area contributed by atoms with Crippen molar-refractivity contribution in [2.45, 2.75) is 62.8 Å². The van der Waals surface area contributed by atoms with Crippen molar-refractivity contribution < 1.29 is 38.1 Å². The van der Waals surface area contributed by atoms with Gasteiger partial charge in [0.25, 0.3) is 0 Å². The second-order valence-corrected chi connectivity index (χ2v) is 35.1. The predicted octanol–water partition coefficient (Wildman–Crippen LogP) is 11.3. The predicted molar refractivity (Wildman–Crippen MR) is 341 cm³/mol. The van der Waals surface area contributed by atoms with Crippen LogP contribution in [-0.2, 0) is 59.2 Å². The van der Waals surface area contributed by atoms with Crippen LogP contribution in [-0.4, -0.2) is 80.7 Å². The summed E-state index contributed by atoms with van der Waals surface area (Å²) in [7, 11) is 0. The third kappa shape index (κ3) is 12.7. The van der Waals surface area contributed by atoms with Crippen LogP contribution in [0.2, 0.25) is 14.1 Å². The number of carbonyl (C=O) groups excluding carboxylic acids is 4. The number of halogens is 2. The van der Waals surface area contributed by atoms with Gasteiger partial charge in [0.05, 0.1) is 22.8 Å². The zero-order valence-corrected chi connectivity index (χ0v) is 53.2. The maximum absolute atomic E-state index is 15.2. The van der Waals surface area contributed by atoms with E-state index in [1.807, 2.05) is 91.0 Å². The Balaban J connectivity index is 1.02. The summed E-state index contributed by atoms with van der Waals surface area (Å²) < 4.78 is 31.0. The molecule has 0 saturated heterocycles. The van der Waals surface area contributed by atoms with Gasteiger partial charge in [0.1, 0.15) is 0 Å². The van der Waals surface area contributed by atoms with E-state index >= 15 is 4.79 Å². The van der Waals surface area contributed by atoms with E-state index in [0.29, 0.717) is 27.3 Å². The van der Waals surface area contributed by atoms with Gasteiger partial charge in [0, 0.05) is 77.9 Å². The Morgan fingerprint density at radius 3 is 1.27 bits per heavy atom. The van der Waals surface area contributed by atoms with Crippen molar-refractivity contribution in [1.82, 2.24) is 35.1 Å². The molecule has 0 atom stereocenters. The van der Waals surface area contributed by atoms with Gasteiger partial charge in [-0.2, -0.15) is 0 Å². The van der Waals surface area contributed by atoms with Crippen LogP contribution in [0.15, 0.2) is 219 Å². The monoisotopic (exact) mass is 1420 g/mol. The number of fused-ring (bicyclic) bond motifs is 6. The van der Waals surface area contributed by atoms with Crippen molar-refractivity contribution in [3.63, 3.8) is 0 Å². The molecule has 4 aromatic heterocycles. The first kappa shape index (κ1) is 60.3. The van der Waals surface area contributed by atoms with Crippen LogP contribution in [0.1, 0.15) is 85.2 Å². The number of nitrogens with zero attached hydrogens (tertiary/aromatic N) is 6. The molecular formula is C71H59Cl2N7O8Po. The average molecular weight is 1420 g/mol. The van der Waals surface area contributed by atoms with Crippen LogP contribution in [0.4, 0.5) is 0 Å². The summed E-state index contributed by atoms with van der Waals surface area (Å²) >= 11 is 11.1. The molecule has 1 N–H and O–H groups in total. The fourth-order valence-corrected chi connectivity index (χ4v) is 27.0. The Bertz CT molecular complexity index is 3880. The Kier molecular flexibility index (Phi) is 18.1. The van der Waals surface area contributed by atoms with E-state index in [-0.39, 0.29) is 94.6 Å². The Labute approximate surface area is 529 Å². The number of carbonyl (C=O) groups is 4. The molecule has 0 saturated carbocycles. The summed E-state index contributed by atoms with van der Waals surface area (Å²) in [6.07, 6.45) is 6.83. The molecule has 0 aliphatic carbocycles. The number of esters is 3. The molecule has 0 radical (unpaired) electrons. The SMILES string of the molecule is CC(=O)Oc1c(Cl)cc2c(c1CN(Cc1ccccn1)Cc1ccccn1)Oc1c(cc(Cl)c(OC(C)=O)c1CN(Cc1ccccn1)Cc1ccccn1)C21OC(=O)c2cc(C(=O)NC[CH2][Po]([c]3ccccc3)([c]3ccccc3)[c]3ccccc3)ccc21. The first-order valence-corrected chi connectivity index (χ1v) is 36.6. The molecule has 6 heterocycles. The number of nitrogens with one attached hydrogen (secondary N) is 1. The molecule has 12 rings (SSSR count). The van der Waals surface area contributed by atoms with E-state index < -0.39 is 50.0 Å². The van der Waals surface area contributed by atoms with Gasteiger partial charge in [0.2, 0.25) is 0 Å². The molecule has 446 valence electrons. The first-order chi connectivity index (χ1) is 43.4. The molecule has 0 bridgehead atoms. The zero-order chi connectivity index (χ0) is 61.5. The standard InChI is InChI=1S/C53H44Cl2N7O8.3C6H5.Po/c1-4-56-51(65)34-17-18-42-39(23-34)52(66)70-53(42)43-24-45(54)49(67-32(2)63)40(30-61(26-35-13-5-9-19-57-35)27-36-14-6-10-20-58-36)47(43)69-48-41(50(68-33(3)64)46(55)25-44(48)53)31-62(28-37-15-7-11-21-59-37)29-38-16-8-12-22-60-38;3*1-2-4-6-5-3-1;/h5-25H,1,4,26-31H2,2-3H3,(H,56,65);3*1-5H;. The molecule has 1 amide bonds. The number of amides is 1. The molecule has 6 aromatic carbocycles. The summed E-state index contributed by atoms with van der Waals surface area (Å²) in [5, 5.41) is 3.25. The third-order valence-electron chi connectivity index (χ3n) is 15.5. The summed E-state index contributed by atoms with van der Waals surface area (Å²) in [5.74, 6) is -2.26. The minimum absolute atomic E-state index is 0.000422. The molecule has 2 aliphatic heterocycles. The first-order valence-electron chi connectivity index (χ1n) is 28.8. The quantitative estimate of drug-likeness (QED) is 0.0531. The Hall–Kier alpha value is -9.00. The molecule has 2 aliphatic rings. The topological polar surface area (TPSA) is 175 Å². The fourth-order valence-electron chi connectivity index (χ4n) is 11.8. The van der Waals surface area contributed by atoms with Crippen LogP contribution in [0, 0.1) is 0 Å². The third-order valence-corrected chi connectivity index (χ3v) is 31.8. The number of pyridine rings is 4. The number of ether oxygens (including phenoxy) is 4. The Morgan fingerprint density at radius 2 is 0.899 bits per heavy atom. The maximum atomic E-state index is 15.2. The molecule has 0 unspecified atom stereocenters. The summed E-state index contributed by atoms with van der Waals surface area (Å²) in [4.78, 5) is 79.5. The fraction of sp³-hybridized carbons (Fsp3) is 0.155. The van der Waals surface area contributed by atoms with Crippen molar-refractivity contribution >= 4 is 77.2 Å². The summed E-state index contributed by atoms with van der Waals surface area (Å²) in [6, 6.07) is 62.3. The number of rotatable bonds is 21. The van der Waals surface area contributed by atoms with Crippen LogP contribution < -0.4 is 29.2 Å². The van der Waals surface area contributed by atoms with Crippen LogP contribution in [0.5, 0.6) is 23.0 Å². The van der Waals surface area contributed by atoms with E-state index in [0.717, 1.165) is 22.8 Å². The number of hydrogen-bond donors (Lipinski definition) is 1. The van der Waals surface area contributed by atoms with Crippen LogP contribution in [0.3, 0.4) is 0 Å². The van der Waals surface area contributed by atoms with Gasteiger partial charge in [0.15, 0.2) is 11.5 Å². The average Bonchev–Trinajstić information content (AvgIpc) is 1.65. The molecule has 10 aromatic rings. The van der Waals surface area contributed by atoms with Crippen molar-refractivity contribution in [1.29, 1.82) is 0 Å². The van der Waals surface area contributed by atoms with Crippen molar-refractivity contribution in [2.75, 3.05) is 6.54 Å². The molecular weight excluding hydrogens is 1360 g/mol. The van der Waals surface area contributed by atoms with Crippen LogP contribution >= 0.6 is 23.2 Å². The van der Waals surface area contributed by atoms with Gasteiger partial charge in [-0.25, -0.2) is 0 Å². The van der Waals surface area contributed by atoms with Gasteiger partial charge < -0.3 is 9.47 Å². The van der Waals surface area contributed by atoms with E-state index in [1.165, 1.54) is 23.5 Å². The van der Waals surface area contributed by atoms with Gasteiger partial charge in [-0.05, 0) is 48.5 Å². The van der Waals surface area contributed by atoms with Gasteiger partial charge in [-0.1, -0.05) is 47.5 Å². The van der Waals surface area contributed by atoms with Crippen molar-refractivity contribution in [3.05, 3.63) is 291 Å². The zero-order valence-electron chi connectivity index (χ0n) is 48.6. The summed E-state index contributed by atoms with van der Waals surface area (Å²) in [5.41, 5.74) is 2.74. The molecule has 15 nitrogen and oxygen atoms in total. The van der Waals surface area contributed by atoms with E-state index in [4.69, 9.17) is 42.1 Å². The number of hydrogen-bond acceptors (Lipinski definition) is 14. The number of benzene rings is 6. The van der Waals surface area contributed by atoms with Crippen molar-refractivity contribution in [3.8, 4) is 23.0 Å². The summed E-state index contributed by atoms with van der Waals surface area (Å²) in [6.45, 7) is 4.02. The normalized spacial score (nSPS) is 13.0. The molecule has 0 fully saturated rings. The van der Waals surface area contributed by atoms with Crippen molar-refractivity contribution in [2.24, 2.45) is 0 Å². The van der Waals surface area contributed by atoms with Gasteiger partial charge >= 0.3 is 276 Å². The molecule has 89 heavy (non-hydrogen) atoms. The van der Waals surface area contributed by atoms with Gasteiger partial charge in [-0.15, -0.1) is 0 Å². The minimum atomic E-state index is -3.81. The van der Waals surface area contributed by atoms with Crippen LogP contribution in [0.25, 0.3) is 0 Å². The Morgan fingerprint density at radius 1 is 0.506 bits per heavy atom.